The average Bonchev–Trinajstić information content (AvgIpc) is 1.68. The van der Waals surface area contributed by atoms with Crippen LogP contribution in [0.3, 0.4) is 0 Å². The van der Waals surface area contributed by atoms with Crippen LogP contribution < -0.4 is 5.32 Å². The van der Waals surface area contributed by atoms with Gasteiger partial charge >= 0.3 is 0 Å². The van der Waals surface area contributed by atoms with E-state index in [1.165, 1.54) is 0 Å². The van der Waals surface area contributed by atoms with Crippen LogP contribution >= 0.6 is 0 Å². The van der Waals surface area contributed by atoms with Crippen molar-refractivity contribution in [2.24, 2.45) is 0 Å². The van der Waals surface area contributed by atoms with Gasteiger partial charge in [0.15, 0.2) is 0 Å². The van der Waals surface area contributed by atoms with E-state index < -0.39 is 0 Å². The molecule has 1 unspecified atom stereocenters. The lowest BCUT2D eigenvalue weighted by Crippen LogP contribution is -2.18. The van der Waals surface area contributed by atoms with Crippen LogP contribution in [0.5, 0.6) is 0 Å². The second-order valence-electron chi connectivity index (χ2n) is 1.33. The zero-order valence-electron chi connectivity index (χ0n) is 4.78. The molecule has 0 aromatic rings. The molecule has 0 aliphatic carbocycles. The molecule has 1 nitrogen and oxygen atoms in total. The van der Waals surface area contributed by atoms with E-state index >= 15 is 0 Å². The van der Waals surface area contributed by atoms with Crippen molar-refractivity contribution in [1.82, 2.24) is 5.32 Å². The Labute approximate surface area is 45.1 Å². The first-order valence-electron chi connectivity index (χ1n) is 2.26. The maximum atomic E-state index is 3.37. The summed E-state index contributed by atoms with van der Waals surface area (Å²) in [6, 6.07) is 0.275. The molecule has 1 atom stereocenters. The summed E-state index contributed by atoms with van der Waals surface area (Å²) in [5.74, 6) is 5.38. The third-order valence-corrected chi connectivity index (χ3v) is 0.752. The average molecular weight is 96.2 g/mol. The van der Waals surface area contributed by atoms with E-state index in [0.29, 0.717) is 0 Å². The van der Waals surface area contributed by atoms with Crippen molar-refractivity contribution in [2.75, 3.05) is 7.05 Å². The van der Waals surface area contributed by atoms with E-state index in [0.717, 1.165) is 0 Å². The molecule has 0 aromatic heterocycles. The lowest BCUT2D eigenvalue weighted by molar-refractivity contribution is 0.750. The van der Waals surface area contributed by atoms with Gasteiger partial charge in [-0.2, -0.15) is 0 Å². The second-order valence-corrected chi connectivity index (χ2v) is 1.33. The first-order valence-corrected chi connectivity index (χ1v) is 2.26. The Kier molecular flexibility index (Phi) is 3.45. The summed E-state index contributed by atoms with van der Waals surface area (Å²) >= 11 is 0. The fourth-order valence-electron chi connectivity index (χ4n) is 0.225. The van der Waals surface area contributed by atoms with Crippen LogP contribution in [0.4, 0.5) is 0 Å². The Balaban J connectivity index is 3.29. The second kappa shape index (κ2) is 3.70. The van der Waals surface area contributed by atoms with Crippen LogP contribution in [-0.4, -0.2) is 13.1 Å². The highest BCUT2D eigenvalue weighted by atomic mass is 14.8. The Bertz CT molecular complexity index is 86.1. The van der Waals surface area contributed by atoms with E-state index in [1.54, 1.807) is 0 Å². The molecule has 0 rings (SSSR count). The molecule has 1 radical (unpaired) electrons. The Morgan fingerprint density at radius 1 is 1.71 bits per heavy atom. The van der Waals surface area contributed by atoms with Gasteiger partial charge in [-0.3, -0.25) is 0 Å². The van der Waals surface area contributed by atoms with Gasteiger partial charge < -0.3 is 5.32 Å². The zero-order chi connectivity index (χ0) is 5.70. The normalized spacial score (nSPS) is 11.9. The minimum atomic E-state index is 0.275. The molecule has 0 fully saturated rings. The molecule has 0 aliphatic heterocycles. The van der Waals surface area contributed by atoms with Crippen LogP contribution in [0.15, 0.2) is 0 Å². The first kappa shape index (κ1) is 6.52. The van der Waals surface area contributed by atoms with Crippen molar-refractivity contribution in [3.05, 3.63) is 6.92 Å². The van der Waals surface area contributed by atoms with Gasteiger partial charge in [-0.05, 0) is 14.0 Å². The predicted octanol–water partition coefficient (Wildman–Crippen LogP) is 0.432. The fraction of sp³-hybridized carbons (Fsp3) is 0.500. The van der Waals surface area contributed by atoms with Crippen LogP contribution in [0, 0.1) is 18.8 Å². The molecular formula is C6H10N. The Hall–Kier alpha value is -0.480. The standard InChI is InChI=1S/C6H10N/c1-4-5-6(2)7-3/h6-7H,1H2,2-3H3. The van der Waals surface area contributed by atoms with Crippen LogP contribution in [0.2, 0.25) is 0 Å². The Morgan fingerprint density at radius 2 is 2.29 bits per heavy atom. The van der Waals surface area contributed by atoms with Gasteiger partial charge in [0.1, 0.15) is 0 Å². The lowest BCUT2D eigenvalue weighted by Gasteiger charge is -1.95. The van der Waals surface area contributed by atoms with Gasteiger partial charge in [-0.15, -0.1) is 5.92 Å². The van der Waals surface area contributed by atoms with E-state index in [-0.39, 0.29) is 6.04 Å². The van der Waals surface area contributed by atoms with Gasteiger partial charge in [-0.1, -0.05) is 5.92 Å². The van der Waals surface area contributed by atoms with Crippen molar-refractivity contribution in [2.45, 2.75) is 13.0 Å². The third kappa shape index (κ3) is 3.35. The molecule has 0 heterocycles. The van der Waals surface area contributed by atoms with Gasteiger partial charge in [0, 0.05) is 6.92 Å². The minimum absolute atomic E-state index is 0.275. The maximum Gasteiger partial charge on any atom is 0.0658 e. The maximum absolute atomic E-state index is 3.37. The molecule has 0 bridgehead atoms. The number of hydrogen-bond donors (Lipinski definition) is 1. The summed E-state index contributed by atoms with van der Waals surface area (Å²) in [6.45, 7) is 5.36. The van der Waals surface area contributed by atoms with Gasteiger partial charge in [0.25, 0.3) is 0 Å². The molecule has 0 saturated carbocycles. The SMILES string of the molecule is [CH2]C#CC(C)NC. The Morgan fingerprint density at radius 3 is 2.43 bits per heavy atom. The minimum Gasteiger partial charge on any atom is -0.307 e. The predicted molar refractivity (Wildman–Crippen MR) is 31.7 cm³/mol. The summed E-state index contributed by atoms with van der Waals surface area (Å²) in [5, 5.41) is 2.95. The van der Waals surface area contributed by atoms with Crippen LogP contribution in [0.1, 0.15) is 6.92 Å². The van der Waals surface area contributed by atoms with Crippen molar-refractivity contribution >= 4 is 0 Å². The van der Waals surface area contributed by atoms with Crippen molar-refractivity contribution in [3.8, 4) is 11.8 Å². The van der Waals surface area contributed by atoms with Crippen LogP contribution in [-0.2, 0) is 0 Å². The van der Waals surface area contributed by atoms with E-state index in [2.05, 4.69) is 24.1 Å². The van der Waals surface area contributed by atoms with E-state index in [4.69, 9.17) is 0 Å². The quantitative estimate of drug-likeness (QED) is 0.467. The zero-order valence-corrected chi connectivity index (χ0v) is 4.78. The smallest absolute Gasteiger partial charge is 0.0658 e. The van der Waals surface area contributed by atoms with Gasteiger partial charge in [0.2, 0.25) is 0 Å². The molecule has 39 valence electrons. The molecule has 1 heteroatoms. The summed E-state index contributed by atoms with van der Waals surface area (Å²) in [6.07, 6.45) is 0. The molecule has 0 spiro atoms. The van der Waals surface area contributed by atoms with Crippen molar-refractivity contribution in [3.63, 3.8) is 0 Å². The monoisotopic (exact) mass is 96.1 g/mol. The van der Waals surface area contributed by atoms with E-state index in [1.807, 2.05) is 14.0 Å². The fourth-order valence-corrected chi connectivity index (χ4v) is 0.225. The molecule has 0 aromatic carbocycles. The third-order valence-electron chi connectivity index (χ3n) is 0.752. The highest BCUT2D eigenvalue weighted by molar-refractivity contribution is 5.07. The summed E-state index contributed by atoms with van der Waals surface area (Å²) in [4.78, 5) is 0. The van der Waals surface area contributed by atoms with Gasteiger partial charge in [-0.25, -0.2) is 0 Å². The first-order chi connectivity index (χ1) is 3.31. The largest absolute Gasteiger partial charge is 0.307 e. The molecule has 0 aliphatic rings. The molecule has 1 N–H and O–H groups in total. The molecule has 7 heavy (non-hydrogen) atoms. The summed E-state index contributed by atoms with van der Waals surface area (Å²) in [7, 11) is 1.87. The molecule has 0 amide bonds. The lowest BCUT2D eigenvalue weighted by atomic mass is 10.3. The van der Waals surface area contributed by atoms with Crippen LogP contribution in [0.25, 0.3) is 0 Å². The number of hydrogen-bond acceptors (Lipinski definition) is 1. The summed E-state index contributed by atoms with van der Waals surface area (Å²) in [5.41, 5.74) is 0. The van der Waals surface area contributed by atoms with Crippen molar-refractivity contribution < 1.29 is 0 Å². The number of nitrogens with one attached hydrogen (secondary N) is 1. The highest BCUT2D eigenvalue weighted by Crippen LogP contribution is 1.70. The van der Waals surface area contributed by atoms with Gasteiger partial charge in [0.05, 0.1) is 6.04 Å². The topological polar surface area (TPSA) is 12.0 Å². The molecular weight excluding hydrogens is 86.1 g/mol. The number of rotatable bonds is 1. The van der Waals surface area contributed by atoms with E-state index in [9.17, 15) is 0 Å². The highest BCUT2D eigenvalue weighted by Gasteiger charge is 1.83. The summed E-state index contributed by atoms with van der Waals surface area (Å²) < 4.78 is 0. The molecule has 0 saturated heterocycles. The van der Waals surface area contributed by atoms with Crippen molar-refractivity contribution in [1.29, 1.82) is 0 Å².